The number of fused-ring (bicyclic) bond motifs is 1. The quantitative estimate of drug-likeness (QED) is 0.620. The summed E-state index contributed by atoms with van der Waals surface area (Å²) in [5.74, 6) is 1.25. The van der Waals surface area contributed by atoms with Crippen molar-refractivity contribution in [2.24, 2.45) is 0 Å². The molecule has 1 aromatic carbocycles. The maximum Gasteiger partial charge on any atom is 0.274 e. The summed E-state index contributed by atoms with van der Waals surface area (Å²) in [6, 6.07) is 3.78. The lowest BCUT2D eigenvalue weighted by molar-refractivity contribution is 0.268. The van der Waals surface area contributed by atoms with Crippen LogP contribution in [0.2, 0.25) is 5.02 Å². The number of aromatic nitrogens is 3. The minimum Gasteiger partial charge on any atom is -0.475 e. The van der Waals surface area contributed by atoms with Crippen molar-refractivity contribution in [1.29, 1.82) is 0 Å². The van der Waals surface area contributed by atoms with Crippen molar-refractivity contribution in [1.82, 2.24) is 20.3 Å². The number of benzene rings is 1. The third-order valence-corrected chi connectivity index (χ3v) is 4.71. The molecule has 138 valence electrons. The van der Waals surface area contributed by atoms with E-state index in [1.807, 2.05) is 27.0 Å². The Bertz CT molecular complexity index is 872. The third kappa shape index (κ3) is 4.51. The van der Waals surface area contributed by atoms with E-state index >= 15 is 0 Å². The smallest absolute Gasteiger partial charge is 0.274 e. The molecule has 7 nitrogen and oxygen atoms in total. The van der Waals surface area contributed by atoms with Gasteiger partial charge in [-0.15, -0.1) is 0 Å². The average molecular weight is 395 g/mol. The predicted molar refractivity (Wildman–Crippen MR) is 102 cm³/mol. The van der Waals surface area contributed by atoms with Crippen molar-refractivity contribution in [3.8, 4) is 22.7 Å². The fourth-order valence-corrected chi connectivity index (χ4v) is 3.09. The van der Waals surface area contributed by atoms with Gasteiger partial charge in [0.25, 0.3) is 5.19 Å². The van der Waals surface area contributed by atoms with Gasteiger partial charge >= 0.3 is 0 Å². The zero-order valence-electron chi connectivity index (χ0n) is 14.7. The number of hydrogen-bond donors (Lipinski definition) is 1. The minimum atomic E-state index is 0.222. The third-order valence-electron chi connectivity index (χ3n) is 3.48. The maximum absolute atomic E-state index is 6.29. The molecule has 0 amide bonds. The number of nitrogens with one attached hydrogen (secondary N) is 1. The number of halogens is 1. The number of ether oxygens (including phenoxy) is 3. The average Bonchev–Trinajstić information content (AvgIpc) is 3.02. The van der Waals surface area contributed by atoms with Gasteiger partial charge in [-0.05, 0) is 27.0 Å². The summed E-state index contributed by atoms with van der Waals surface area (Å²) in [5, 5.41) is 4.13. The molecule has 0 aliphatic heterocycles. The van der Waals surface area contributed by atoms with Gasteiger partial charge in [-0.25, -0.2) is 15.0 Å². The van der Waals surface area contributed by atoms with Crippen LogP contribution in [0.1, 0.15) is 13.8 Å². The number of nitrogens with zero attached hydrogens (tertiary/aromatic N) is 3. The summed E-state index contributed by atoms with van der Waals surface area (Å²) in [7, 11) is 1.87. The van der Waals surface area contributed by atoms with E-state index in [0.717, 1.165) is 10.2 Å². The van der Waals surface area contributed by atoms with Crippen LogP contribution < -0.4 is 19.5 Å². The number of hydrogen-bond acceptors (Lipinski definition) is 8. The molecular formula is C17H19ClN4O3S. The number of thiazole rings is 1. The van der Waals surface area contributed by atoms with E-state index < -0.39 is 0 Å². The summed E-state index contributed by atoms with van der Waals surface area (Å²) in [6.07, 6.45) is 3.02. The van der Waals surface area contributed by atoms with Crippen molar-refractivity contribution in [2.45, 2.75) is 19.9 Å². The molecule has 3 aromatic rings. The second-order valence-electron chi connectivity index (χ2n) is 5.46. The number of rotatable bonds is 8. The molecule has 0 bridgehead atoms. The Morgan fingerprint density at radius 3 is 2.65 bits per heavy atom. The first-order valence-corrected chi connectivity index (χ1v) is 9.31. The highest BCUT2D eigenvalue weighted by molar-refractivity contribution is 7.20. The fraction of sp³-hybridized carbons (Fsp3) is 0.353. The van der Waals surface area contributed by atoms with E-state index in [9.17, 15) is 0 Å². The highest BCUT2D eigenvalue weighted by atomic mass is 35.5. The van der Waals surface area contributed by atoms with Crippen molar-refractivity contribution < 1.29 is 14.2 Å². The van der Waals surface area contributed by atoms with Gasteiger partial charge in [0.1, 0.15) is 12.4 Å². The highest BCUT2D eigenvalue weighted by Crippen LogP contribution is 2.37. The Labute approximate surface area is 160 Å². The lowest BCUT2D eigenvalue weighted by Crippen LogP contribution is -2.28. The normalized spacial score (nSPS) is 12.2. The Hall–Kier alpha value is -2.16. The van der Waals surface area contributed by atoms with Crippen molar-refractivity contribution in [3.05, 3.63) is 29.5 Å². The van der Waals surface area contributed by atoms with Crippen LogP contribution in [0.5, 0.6) is 22.7 Å². The van der Waals surface area contributed by atoms with E-state index in [2.05, 4.69) is 20.3 Å². The molecule has 9 heteroatoms. The van der Waals surface area contributed by atoms with Gasteiger partial charge in [0.05, 0.1) is 34.2 Å². The van der Waals surface area contributed by atoms with Crippen LogP contribution in [0.25, 0.3) is 10.2 Å². The second-order valence-corrected chi connectivity index (χ2v) is 6.86. The largest absolute Gasteiger partial charge is 0.475 e. The first-order chi connectivity index (χ1) is 12.6. The molecule has 0 saturated heterocycles. The fourth-order valence-electron chi connectivity index (χ4n) is 2.01. The van der Waals surface area contributed by atoms with Crippen molar-refractivity contribution >= 4 is 33.2 Å². The van der Waals surface area contributed by atoms with Crippen LogP contribution in [-0.4, -0.2) is 41.3 Å². The van der Waals surface area contributed by atoms with Crippen LogP contribution in [0.4, 0.5) is 0 Å². The van der Waals surface area contributed by atoms with Gasteiger partial charge in [0, 0.05) is 12.1 Å². The predicted octanol–water partition coefficient (Wildman–Crippen LogP) is 3.92. The van der Waals surface area contributed by atoms with Crippen LogP contribution in [0.3, 0.4) is 0 Å². The topological polar surface area (TPSA) is 78.4 Å². The van der Waals surface area contributed by atoms with Gasteiger partial charge in [0.2, 0.25) is 11.8 Å². The van der Waals surface area contributed by atoms with E-state index in [0.29, 0.717) is 40.9 Å². The van der Waals surface area contributed by atoms with Crippen LogP contribution in [0, 0.1) is 0 Å². The van der Waals surface area contributed by atoms with Crippen LogP contribution in [0.15, 0.2) is 24.5 Å². The Morgan fingerprint density at radius 2 is 1.96 bits per heavy atom. The van der Waals surface area contributed by atoms with E-state index in [-0.39, 0.29) is 6.04 Å². The monoisotopic (exact) mass is 394 g/mol. The summed E-state index contributed by atoms with van der Waals surface area (Å²) in [4.78, 5) is 12.8. The molecule has 1 N–H and O–H groups in total. The van der Waals surface area contributed by atoms with Crippen LogP contribution >= 0.6 is 22.9 Å². The standard InChI is InChI=1S/C17H19ClN4O3S/c1-4-23-17-22-12-5-11(18)13(6-14(12)26-17)25-16-8-20-15(7-21-16)24-9-10(2)19-3/h5-8,10,19H,4,9H2,1-3H3. The zero-order chi connectivity index (χ0) is 18.5. The summed E-state index contributed by atoms with van der Waals surface area (Å²) in [5.41, 5.74) is 0.768. The molecule has 0 fully saturated rings. The molecule has 0 aliphatic rings. The van der Waals surface area contributed by atoms with Gasteiger partial charge in [0.15, 0.2) is 0 Å². The van der Waals surface area contributed by atoms with Gasteiger partial charge < -0.3 is 19.5 Å². The van der Waals surface area contributed by atoms with Crippen molar-refractivity contribution in [3.63, 3.8) is 0 Å². The SMILES string of the molecule is CCOc1nc2cc(Cl)c(Oc3cnc(OCC(C)NC)cn3)cc2s1. The Balaban J connectivity index is 1.72. The highest BCUT2D eigenvalue weighted by Gasteiger charge is 2.12. The molecule has 0 radical (unpaired) electrons. The molecule has 0 aliphatic carbocycles. The van der Waals surface area contributed by atoms with Gasteiger partial charge in [-0.3, -0.25) is 0 Å². The molecule has 3 rings (SSSR count). The van der Waals surface area contributed by atoms with Gasteiger partial charge in [-0.1, -0.05) is 22.9 Å². The summed E-state index contributed by atoms with van der Waals surface area (Å²) in [6.45, 7) is 4.99. The van der Waals surface area contributed by atoms with Crippen LogP contribution in [-0.2, 0) is 0 Å². The van der Waals surface area contributed by atoms with Crippen molar-refractivity contribution in [2.75, 3.05) is 20.3 Å². The molecule has 2 heterocycles. The molecule has 1 atom stereocenters. The first-order valence-electron chi connectivity index (χ1n) is 8.12. The molecule has 1 unspecified atom stereocenters. The summed E-state index contributed by atoms with van der Waals surface area (Å²) < 4.78 is 17.6. The molecule has 26 heavy (non-hydrogen) atoms. The lowest BCUT2D eigenvalue weighted by Gasteiger charge is -2.11. The van der Waals surface area contributed by atoms with E-state index in [1.54, 1.807) is 6.07 Å². The lowest BCUT2D eigenvalue weighted by atomic mass is 10.3. The zero-order valence-corrected chi connectivity index (χ0v) is 16.2. The maximum atomic E-state index is 6.29. The number of likely N-dealkylation sites (N-methyl/N-ethyl adjacent to an activating group) is 1. The van der Waals surface area contributed by atoms with E-state index in [4.69, 9.17) is 25.8 Å². The minimum absolute atomic E-state index is 0.222. The second kappa shape index (κ2) is 8.48. The summed E-state index contributed by atoms with van der Waals surface area (Å²) >= 11 is 7.73. The molecule has 2 aromatic heterocycles. The molecule has 0 spiro atoms. The van der Waals surface area contributed by atoms with Gasteiger partial charge in [-0.2, -0.15) is 0 Å². The van der Waals surface area contributed by atoms with E-state index in [1.165, 1.54) is 23.7 Å². The molecule has 0 saturated carbocycles. The molecular weight excluding hydrogens is 376 g/mol. The first kappa shape index (κ1) is 18.6. The Kier molecular flexibility index (Phi) is 6.08. The Morgan fingerprint density at radius 1 is 1.19 bits per heavy atom.